The summed E-state index contributed by atoms with van der Waals surface area (Å²) in [4.78, 5) is 20.3. The number of aromatic carboxylic acids is 1. The molecule has 0 fully saturated rings. The predicted molar refractivity (Wildman–Crippen MR) is 96.3 cm³/mol. The molecule has 0 atom stereocenters. The van der Waals surface area contributed by atoms with E-state index in [4.69, 9.17) is 0 Å². The molecule has 2 N–H and O–H groups in total. The molecule has 24 heavy (non-hydrogen) atoms. The summed E-state index contributed by atoms with van der Waals surface area (Å²) in [6, 6.07) is 13.0. The highest BCUT2D eigenvalue weighted by atomic mass is 32.1. The van der Waals surface area contributed by atoms with Gasteiger partial charge in [0, 0.05) is 11.1 Å². The molecule has 4 rings (SSSR count). The third kappa shape index (κ3) is 2.47. The monoisotopic (exact) mass is 335 g/mol. The topological polar surface area (TPSA) is 75.1 Å². The average molecular weight is 335 g/mol. The van der Waals surface area contributed by atoms with E-state index in [1.54, 1.807) is 23.7 Å². The van der Waals surface area contributed by atoms with Gasteiger partial charge in [-0.2, -0.15) is 0 Å². The lowest BCUT2D eigenvalue weighted by Crippen LogP contribution is -1.99. The van der Waals surface area contributed by atoms with Crippen molar-refractivity contribution in [3.8, 4) is 0 Å². The molecule has 4 aromatic rings. The number of benzene rings is 2. The zero-order valence-corrected chi connectivity index (χ0v) is 13.6. The first-order valence-electron chi connectivity index (χ1n) is 7.36. The first-order valence-corrected chi connectivity index (χ1v) is 8.24. The lowest BCUT2D eigenvalue weighted by molar-refractivity contribution is 0.0697. The predicted octanol–water partition coefficient (Wildman–Crippen LogP) is 4.59. The number of carboxylic acid groups (broad SMARTS) is 1. The van der Waals surface area contributed by atoms with Gasteiger partial charge in [-0.1, -0.05) is 18.2 Å². The van der Waals surface area contributed by atoms with Crippen molar-refractivity contribution in [3.05, 3.63) is 59.1 Å². The minimum Gasteiger partial charge on any atom is -0.478 e. The van der Waals surface area contributed by atoms with Crippen LogP contribution in [0.5, 0.6) is 0 Å². The van der Waals surface area contributed by atoms with Crippen LogP contribution >= 0.6 is 11.3 Å². The number of hydrogen-bond acceptors (Lipinski definition) is 5. The van der Waals surface area contributed by atoms with E-state index < -0.39 is 5.97 Å². The van der Waals surface area contributed by atoms with E-state index in [0.29, 0.717) is 11.3 Å². The molecular weight excluding hydrogens is 322 g/mol. The third-order valence-electron chi connectivity index (χ3n) is 3.79. The van der Waals surface area contributed by atoms with Crippen molar-refractivity contribution < 1.29 is 9.90 Å². The van der Waals surface area contributed by atoms with E-state index in [1.165, 1.54) is 11.3 Å². The average Bonchev–Trinajstić information content (AvgIpc) is 3.04. The van der Waals surface area contributed by atoms with Crippen LogP contribution in [0.15, 0.2) is 48.0 Å². The van der Waals surface area contributed by atoms with Crippen LogP contribution in [0.3, 0.4) is 0 Å². The van der Waals surface area contributed by atoms with Crippen molar-refractivity contribution in [1.82, 2.24) is 9.97 Å². The fourth-order valence-electron chi connectivity index (χ4n) is 2.68. The number of nitrogens with zero attached hydrogens (tertiary/aromatic N) is 2. The smallest absolute Gasteiger partial charge is 0.335 e. The maximum Gasteiger partial charge on any atom is 0.335 e. The Morgan fingerprint density at radius 2 is 2.08 bits per heavy atom. The SMILES string of the molecule is Cc1cccc(Nc2nc3cc(C(=O)O)ccc3c3scnc23)c1. The van der Waals surface area contributed by atoms with E-state index in [2.05, 4.69) is 15.3 Å². The Hall–Kier alpha value is -2.99. The summed E-state index contributed by atoms with van der Waals surface area (Å²) in [7, 11) is 0. The summed E-state index contributed by atoms with van der Waals surface area (Å²) < 4.78 is 0.993. The molecule has 118 valence electrons. The van der Waals surface area contributed by atoms with Gasteiger partial charge < -0.3 is 10.4 Å². The van der Waals surface area contributed by atoms with Gasteiger partial charge in [0.25, 0.3) is 0 Å². The molecule has 0 spiro atoms. The van der Waals surface area contributed by atoms with Gasteiger partial charge in [-0.25, -0.2) is 14.8 Å². The van der Waals surface area contributed by atoms with Crippen molar-refractivity contribution in [2.45, 2.75) is 6.92 Å². The molecule has 0 amide bonds. The first kappa shape index (κ1) is 14.6. The molecule has 0 aliphatic rings. The van der Waals surface area contributed by atoms with Crippen LogP contribution < -0.4 is 5.32 Å². The van der Waals surface area contributed by atoms with Gasteiger partial charge in [0.1, 0.15) is 5.52 Å². The Kier molecular flexibility index (Phi) is 3.39. The van der Waals surface area contributed by atoms with Gasteiger partial charge >= 0.3 is 5.97 Å². The number of fused-ring (bicyclic) bond motifs is 3. The quantitative estimate of drug-likeness (QED) is 0.572. The van der Waals surface area contributed by atoms with Crippen LogP contribution in [0.4, 0.5) is 11.5 Å². The minimum atomic E-state index is -0.962. The Labute approximate surface area is 141 Å². The van der Waals surface area contributed by atoms with Gasteiger partial charge in [0.2, 0.25) is 0 Å². The molecule has 0 aliphatic carbocycles. The number of aromatic nitrogens is 2. The number of nitrogens with one attached hydrogen (secondary N) is 1. The third-order valence-corrected chi connectivity index (χ3v) is 4.65. The number of thiazole rings is 1. The lowest BCUT2D eigenvalue weighted by Gasteiger charge is -2.09. The highest BCUT2D eigenvalue weighted by molar-refractivity contribution is 7.17. The van der Waals surface area contributed by atoms with Crippen LogP contribution in [0, 0.1) is 6.92 Å². The van der Waals surface area contributed by atoms with E-state index in [-0.39, 0.29) is 5.56 Å². The normalized spacial score (nSPS) is 11.0. The molecule has 0 radical (unpaired) electrons. The van der Waals surface area contributed by atoms with Gasteiger partial charge in [-0.3, -0.25) is 0 Å². The molecule has 0 bridgehead atoms. The summed E-state index contributed by atoms with van der Waals surface area (Å²) in [6.45, 7) is 2.02. The van der Waals surface area contributed by atoms with Gasteiger partial charge in [0.15, 0.2) is 5.82 Å². The van der Waals surface area contributed by atoms with Crippen molar-refractivity contribution in [2.75, 3.05) is 5.32 Å². The zero-order chi connectivity index (χ0) is 16.7. The van der Waals surface area contributed by atoms with Crippen molar-refractivity contribution >= 4 is 49.9 Å². The second-order valence-corrected chi connectivity index (χ2v) is 6.38. The first-order chi connectivity index (χ1) is 11.6. The van der Waals surface area contributed by atoms with Crippen LogP contribution in [-0.4, -0.2) is 21.0 Å². The van der Waals surface area contributed by atoms with E-state index >= 15 is 0 Å². The summed E-state index contributed by atoms with van der Waals surface area (Å²) in [6.07, 6.45) is 0. The van der Waals surface area contributed by atoms with Crippen molar-refractivity contribution in [1.29, 1.82) is 0 Å². The second kappa shape index (κ2) is 5.58. The Bertz CT molecular complexity index is 1090. The molecule has 0 unspecified atom stereocenters. The molecule has 2 heterocycles. The van der Waals surface area contributed by atoms with Crippen LogP contribution in [0.2, 0.25) is 0 Å². The second-order valence-electron chi connectivity index (χ2n) is 5.52. The molecule has 2 aromatic heterocycles. The van der Waals surface area contributed by atoms with Crippen LogP contribution in [0.25, 0.3) is 21.1 Å². The van der Waals surface area contributed by atoms with E-state index in [0.717, 1.165) is 26.9 Å². The number of hydrogen-bond donors (Lipinski definition) is 2. The molecule has 0 saturated heterocycles. The fraction of sp³-hybridized carbons (Fsp3) is 0.0556. The number of carboxylic acids is 1. The van der Waals surface area contributed by atoms with Gasteiger partial charge in [-0.05, 0) is 36.8 Å². The number of anilines is 2. The highest BCUT2D eigenvalue weighted by Gasteiger charge is 2.13. The molecule has 6 heteroatoms. The molecule has 2 aromatic carbocycles. The zero-order valence-electron chi connectivity index (χ0n) is 12.8. The molecular formula is C18H13N3O2S. The standard InChI is InChI=1S/C18H13N3O2S/c1-10-3-2-4-12(7-10)20-17-15-16(24-9-19-15)13-6-5-11(18(22)23)8-14(13)21-17/h2-9H,1H3,(H,20,21)(H,22,23). The largest absolute Gasteiger partial charge is 0.478 e. The van der Waals surface area contributed by atoms with Gasteiger partial charge in [0.05, 0.1) is 21.3 Å². The van der Waals surface area contributed by atoms with Gasteiger partial charge in [-0.15, -0.1) is 11.3 Å². The van der Waals surface area contributed by atoms with Crippen LogP contribution in [0.1, 0.15) is 15.9 Å². The Balaban J connectivity index is 1.92. The van der Waals surface area contributed by atoms with E-state index in [1.807, 2.05) is 31.2 Å². The van der Waals surface area contributed by atoms with Crippen LogP contribution in [-0.2, 0) is 0 Å². The summed E-state index contributed by atoms with van der Waals surface area (Å²) in [5, 5.41) is 13.4. The number of pyridine rings is 1. The van der Waals surface area contributed by atoms with E-state index in [9.17, 15) is 9.90 Å². The summed E-state index contributed by atoms with van der Waals surface area (Å²) in [5.41, 5.74) is 5.49. The Morgan fingerprint density at radius 3 is 2.88 bits per heavy atom. The highest BCUT2D eigenvalue weighted by Crippen LogP contribution is 2.33. The molecule has 0 aliphatic heterocycles. The molecule has 5 nitrogen and oxygen atoms in total. The maximum absolute atomic E-state index is 11.2. The van der Waals surface area contributed by atoms with Crippen molar-refractivity contribution in [3.63, 3.8) is 0 Å². The minimum absolute atomic E-state index is 0.223. The number of carbonyl (C=O) groups is 1. The lowest BCUT2D eigenvalue weighted by atomic mass is 10.1. The van der Waals surface area contributed by atoms with Crippen molar-refractivity contribution in [2.24, 2.45) is 0 Å². The number of aryl methyl sites for hydroxylation is 1. The number of rotatable bonds is 3. The molecule has 0 saturated carbocycles. The Morgan fingerprint density at radius 1 is 1.21 bits per heavy atom. The summed E-state index contributed by atoms with van der Waals surface area (Å²) in [5.74, 6) is -0.330. The maximum atomic E-state index is 11.2. The summed E-state index contributed by atoms with van der Waals surface area (Å²) >= 11 is 1.52. The fourth-order valence-corrected chi connectivity index (χ4v) is 3.50.